The summed E-state index contributed by atoms with van der Waals surface area (Å²) in [4.78, 5) is 11.6. The van der Waals surface area contributed by atoms with Crippen molar-refractivity contribution in [1.29, 1.82) is 0 Å². The van der Waals surface area contributed by atoms with Crippen molar-refractivity contribution in [2.24, 2.45) is 23.5 Å². The molecule has 1 rings (SSSR count). The molecule has 0 bridgehead atoms. The van der Waals surface area contributed by atoms with Crippen molar-refractivity contribution in [3.63, 3.8) is 0 Å². The first-order valence-corrected chi connectivity index (χ1v) is 7.47. The zero-order valence-corrected chi connectivity index (χ0v) is 13.2. The third kappa shape index (κ3) is 8.48. The number of ether oxygens (including phenoxy) is 1. The number of esters is 1. The fourth-order valence-electron chi connectivity index (χ4n) is 2.56. The number of hydrogen-bond acceptors (Lipinski definition) is 3. The number of carbonyl (C=O) groups excluding carboxylic acids is 1. The molecule has 0 spiro atoms. The van der Waals surface area contributed by atoms with Gasteiger partial charge < -0.3 is 10.5 Å². The molecule has 2 N–H and O–H groups in total. The highest BCUT2D eigenvalue weighted by Gasteiger charge is 2.17. The zero-order valence-electron chi connectivity index (χ0n) is 12.4. The summed E-state index contributed by atoms with van der Waals surface area (Å²) < 4.78 is 5.28. The van der Waals surface area contributed by atoms with Crippen LogP contribution in [0.2, 0.25) is 0 Å². The molecular formula is C15H30ClNO2. The van der Waals surface area contributed by atoms with Crippen LogP contribution in [0.5, 0.6) is 0 Å². The van der Waals surface area contributed by atoms with E-state index in [1.165, 1.54) is 25.7 Å². The van der Waals surface area contributed by atoms with Crippen LogP contribution in [-0.2, 0) is 9.53 Å². The summed E-state index contributed by atoms with van der Waals surface area (Å²) in [5, 5.41) is 0. The van der Waals surface area contributed by atoms with Crippen molar-refractivity contribution in [3.05, 3.63) is 0 Å². The molecule has 1 aliphatic carbocycles. The maximum Gasteiger partial charge on any atom is 0.306 e. The van der Waals surface area contributed by atoms with Crippen LogP contribution in [0.3, 0.4) is 0 Å². The van der Waals surface area contributed by atoms with Gasteiger partial charge in [-0.05, 0) is 43.6 Å². The summed E-state index contributed by atoms with van der Waals surface area (Å²) in [5.41, 5.74) is 5.68. The lowest BCUT2D eigenvalue weighted by Gasteiger charge is -2.24. The third-order valence-electron chi connectivity index (χ3n) is 3.84. The average Bonchev–Trinajstić information content (AvgIpc) is 2.24. The first kappa shape index (κ1) is 18.7. The van der Waals surface area contributed by atoms with Crippen LogP contribution in [0, 0.1) is 17.8 Å². The van der Waals surface area contributed by atoms with Gasteiger partial charge in [0.1, 0.15) is 0 Å². The molecule has 0 amide bonds. The third-order valence-corrected chi connectivity index (χ3v) is 3.84. The van der Waals surface area contributed by atoms with Crippen molar-refractivity contribution < 1.29 is 9.53 Å². The zero-order chi connectivity index (χ0) is 13.4. The van der Waals surface area contributed by atoms with Crippen LogP contribution in [0.15, 0.2) is 0 Å². The van der Waals surface area contributed by atoms with E-state index in [1.54, 1.807) is 0 Å². The standard InChI is InChI=1S/C15H29NO2.ClH/c1-12(2)9-14(11-16)10-15(17)18-8-4-7-13-5-3-6-13;/h12-14H,3-11,16H2,1-2H3;1H/t14-;/m0./s1. The van der Waals surface area contributed by atoms with Gasteiger partial charge in [-0.1, -0.05) is 33.1 Å². The summed E-state index contributed by atoms with van der Waals surface area (Å²) >= 11 is 0. The highest BCUT2D eigenvalue weighted by atomic mass is 35.5. The smallest absolute Gasteiger partial charge is 0.306 e. The normalized spacial score (nSPS) is 16.6. The maximum atomic E-state index is 11.6. The fourth-order valence-corrected chi connectivity index (χ4v) is 2.56. The van der Waals surface area contributed by atoms with Crippen molar-refractivity contribution in [3.8, 4) is 0 Å². The van der Waals surface area contributed by atoms with Gasteiger partial charge in [0.05, 0.1) is 6.61 Å². The number of carbonyl (C=O) groups is 1. The predicted octanol–water partition coefficient (Wildman–Crippen LogP) is 3.54. The van der Waals surface area contributed by atoms with Gasteiger partial charge in [-0.3, -0.25) is 4.79 Å². The molecule has 0 aromatic carbocycles. The minimum Gasteiger partial charge on any atom is -0.466 e. The molecular weight excluding hydrogens is 262 g/mol. The molecule has 0 heterocycles. The fraction of sp³-hybridized carbons (Fsp3) is 0.933. The van der Waals surface area contributed by atoms with Gasteiger partial charge in [-0.2, -0.15) is 0 Å². The largest absolute Gasteiger partial charge is 0.466 e. The number of nitrogens with two attached hydrogens (primary N) is 1. The van der Waals surface area contributed by atoms with Gasteiger partial charge >= 0.3 is 5.97 Å². The molecule has 3 nitrogen and oxygen atoms in total. The molecule has 0 aromatic rings. The molecule has 0 aliphatic heterocycles. The monoisotopic (exact) mass is 291 g/mol. The SMILES string of the molecule is CC(C)C[C@H](CN)CC(=O)OCCCC1CCC1.Cl. The van der Waals surface area contributed by atoms with E-state index >= 15 is 0 Å². The molecule has 4 heteroatoms. The van der Waals surface area contributed by atoms with Gasteiger partial charge in [0, 0.05) is 6.42 Å². The molecule has 1 saturated carbocycles. The van der Waals surface area contributed by atoms with Gasteiger partial charge in [0.25, 0.3) is 0 Å². The minimum atomic E-state index is -0.0697. The van der Waals surface area contributed by atoms with Crippen molar-refractivity contribution in [1.82, 2.24) is 0 Å². The Morgan fingerprint density at radius 3 is 2.53 bits per heavy atom. The van der Waals surface area contributed by atoms with Crippen LogP contribution in [0.4, 0.5) is 0 Å². The highest BCUT2D eigenvalue weighted by molar-refractivity contribution is 5.85. The van der Waals surface area contributed by atoms with E-state index in [9.17, 15) is 4.79 Å². The van der Waals surface area contributed by atoms with Gasteiger partial charge in [0.15, 0.2) is 0 Å². The predicted molar refractivity (Wildman–Crippen MR) is 81.4 cm³/mol. The number of halogens is 1. The van der Waals surface area contributed by atoms with Crippen LogP contribution >= 0.6 is 12.4 Å². The highest BCUT2D eigenvalue weighted by Crippen LogP contribution is 2.30. The second kappa shape index (κ2) is 10.5. The molecule has 0 saturated heterocycles. The maximum absolute atomic E-state index is 11.6. The second-order valence-corrected chi connectivity index (χ2v) is 6.10. The van der Waals surface area contributed by atoms with Gasteiger partial charge in [0.2, 0.25) is 0 Å². The van der Waals surface area contributed by atoms with E-state index in [2.05, 4.69) is 13.8 Å². The Bertz CT molecular complexity index is 242. The molecule has 1 atom stereocenters. The minimum absolute atomic E-state index is 0. The summed E-state index contributed by atoms with van der Waals surface area (Å²) in [6, 6.07) is 0. The van der Waals surface area contributed by atoms with Crippen molar-refractivity contribution in [2.45, 2.75) is 58.8 Å². The lowest BCUT2D eigenvalue weighted by molar-refractivity contribution is -0.145. The number of hydrogen-bond donors (Lipinski definition) is 1. The molecule has 1 aliphatic rings. The lowest BCUT2D eigenvalue weighted by atomic mass is 9.82. The molecule has 114 valence electrons. The quantitative estimate of drug-likeness (QED) is 0.522. The number of rotatable bonds is 9. The van der Waals surface area contributed by atoms with Crippen molar-refractivity contribution >= 4 is 18.4 Å². The Morgan fingerprint density at radius 1 is 1.37 bits per heavy atom. The van der Waals surface area contributed by atoms with Crippen LogP contribution < -0.4 is 5.73 Å². The second-order valence-electron chi connectivity index (χ2n) is 6.10. The Morgan fingerprint density at radius 2 is 2.05 bits per heavy atom. The van der Waals surface area contributed by atoms with E-state index in [4.69, 9.17) is 10.5 Å². The van der Waals surface area contributed by atoms with Crippen molar-refractivity contribution in [2.75, 3.05) is 13.2 Å². The molecule has 0 unspecified atom stereocenters. The molecule has 1 fully saturated rings. The van der Waals surface area contributed by atoms with Crippen LogP contribution in [-0.4, -0.2) is 19.1 Å². The summed E-state index contributed by atoms with van der Waals surface area (Å²) in [6.07, 6.45) is 7.87. The summed E-state index contributed by atoms with van der Waals surface area (Å²) in [7, 11) is 0. The Hall–Kier alpha value is -0.280. The molecule has 19 heavy (non-hydrogen) atoms. The lowest BCUT2D eigenvalue weighted by Crippen LogP contribution is -2.21. The van der Waals surface area contributed by atoms with Crippen LogP contribution in [0.25, 0.3) is 0 Å². The summed E-state index contributed by atoms with van der Waals surface area (Å²) in [6.45, 7) is 5.49. The average molecular weight is 292 g/mol. The molecule has 0 aromatic heterocycles. The van der Waals surface area contributed by atoms with Gasteiger partial charge in [-0.15, -0.1) is 12.4 Å². The first-order chi connectivity index (χ1) is 8.61. The van der Waals surface area contributed by atoms with E-state index in [0.29, 0.717) is 25.5 Å². The topological polar surface area (TPSA) is 52.3 Å². The van der Waals surface area contributed by atoms with E-state index in [0.717, 1.165) is 18.8 Å². The Kier molecular flexibility index (Phi) is 10.3. The Labute approximate surface area is 124 Å². The van der Waals surface area contributed by atoms with Gasteiger partial charge in [-0.25, -0.2) is 0 Å². The van der Waals surface area contributed by atoms with E-state index in [1.807, 2.05) is 0 Å². The van der Waals surface area contributed by atoms with Crippen LogP contribution in [0.1, 0.15) is 58.8 Å². The Balaban J connectivity index is 0.00000324. The summed E-state index contributed by atoms with van der Waals surface area (Å²) in [5.74, 6) is 1.70. The van der Waals surface area contributed by atoms with E-state index in [-0.39, 0.29) is 24.3 Å². The van der Waals surface area contributed by atoms with E-state index < -0.39 is 0 Å². The first-order valence-electron chi connectivity index (χ1n) is 7.47. The molecule has 0 radical (unpaired) electrons.